The number of rotatable bonds is 3. The molecule has 0 bridgehead atoms. The first-order valence-electron chi connectivity index (χ1n) is 7.04. The molecule has 1 aliphatic carbocycles. The van der Waals surface area contributed by atoms with Crippen molar-refractivity contribution in [3.8, 4) is 0 Å². The maximum atomic E-state index is 10.9. The van der Waals surface area contributed by atoms with Crippen molar-refractivity contribution in [3.05, 3.63) is 47.4 Å². The molecule has 7 nitrogen and oxygen atoms in total. The molecule has 7 heteroatoms. The second-order valence-corrected chi connectivity index (χ2v) is 5.22. The number of carboxylic acids is 1. The van der Waals surface area contributed by atoms with Crippen LogP contribution in [0.5, 0.6) is 0 Å². The van der Waals surface area contributed by atoms with Crippen molar-refractivity contribution in [1.29, 1.82) is 0 Å². The number of nitrogens with zero attached hydrogens (tertiary/aromatic N) is 4. The lowest BCUT2D eigenvalue weighted by molar-refractivity contribution is 0.0697. The van der Waals surface area contributed by atoms with E-state index in [2.05, 4.69) is 20.4 Å². The van der Waals surface area contributed by atoms with Crippen LogP contribution in [0.3, 0.4) is 0 Å². The van der Waals surface area contributed by atoms with E-state index in [1.807, 2.05) is 0 Å². The average Bonchev–Trinajstić information content (AvgIpc) is 3.16. The van der Waals surface area contributed by atoms with Gasteiger partial charge in [-0.3, -0.25) is 0 Å². The van der Waals surface area contributed by atoms with E-state index < -0.39 is 5.97 Å². The van der Waals surface area contributed by atoms with Crippen LogP contribution in [0.25, 0.3) is 5.78 Å². The molecule has 3 aromatic rings. The molecule has 4 rings (SSSR count). The first kappa shape index (κ1) is 12.8. The van der Waals surface area contributed by atoms with Gasteiger partial charge in [0.15, 0.2) is 0 Å². The van der Waals surface area contributed by atoms with Gasteiger partial charge in [-0.1, -0.05) is 0 Å². The topological polar surface area (TPSA) is 92.4 Å². The summed E-state index contributed by atoms with van der Waals surface area (Å²) in [5.74, 6) is 0.499. The van der Waals surface area contributed by atoms with Gasteiger partial charge in [-0.25, -0.2) is 9.78 Å². The van der Waals surface area contributed by atoms with Crippen LogP contribution in [0, 0.1) is 0 Å². The van der Waals surface area contributed by atoms with Gasteiger partial charge < -0.3 is 10.4 Å². The van der Waals surface area contributed by atoms with Crippen LogP contribution in [-0.4, -0.2) is 30.7 Å². The first-order chi connectivity index (χ1) is 10.7. The largest absolute Gasteiger partial charge is 0.478 e. The molecule has 110 valence electrons. The predicted octanol–water partition coefficient (Wildman–Crippen LogP) is 2.05. The monoisotopic (exact) mass is 295 g/mol. The fraction of sp³-hybridized carbons (Fsp3) is 0.200. The maximum Gasteiger partial charge on any atom is 0.335 e. The van der Waals surface area contributed by atoms with Crippen molar-refractivity contribution in [2.75, 3.05) is 5.32 Å². The second kappa shape index (κ2) is 4.80. The van der Waals surface area contributed by atoms with Gasteiger partial charge in [-0.15, -0.1) is 0 Å². The lowest BCUT2D eigenvalue weighted by atomic mass is 10.2. The fourth-order valence-electron chi connectivity index (χ4n) is 2.79. The van der Waals surface area contributed by atoms with Gasteiger partial charge in [0.1, 0.15) is 12.1 Å². The van der Waals surface area contributed by atoms with E-state index in [0.29, 0.717) is 5.78 Å². The van der Waals surface area contributed by atoms with Gasteiger partial charge >= 0.3 is 5.97 Å². The van der Waals surface area contributed by atoms with Crippen molar-refractivity contribution in [2.24, 2.45) is 0 Å². The Bertz CT molecular complexity index is 870. The second-order valence-electron chi connectivity index (χ2n) is 5.22. The Labute approximate surface area is 125 Å². The highest BCUT2D eigenvalue weighted by Crippen LogP contribution is 2.30. The Kier molecular flexibility index (Phi) is 2.78. The number of nitrogens with one attached hydrogen (secondary N) is 1. The van der Waals surface area contributed by atoms with Gasteiger partial charge in [0.2, 0.25) is 0 Å². The number of aromatic carboxylic acids is 1. The number of fused-ring (bicyclic) bond motifs is 2. The van der Waals surface area contributed by atoms with Crippen LogP contribution in [0.15, 0.2) is 30.6 Å². The quantitative estimate of drug-likeness (QED) is 0.768. The number of carboxylic acid groups (broad SMARTS) is 1. The number of benzene rings is 1. The number of anilines is 2. The molecule has 0 unspecified atom stereocenters. The minimum Gasteiger partial charge on any atom is -0.478 e. The number of aryl methyl sites for hydroxylation is 1. The molecule has 0 atom stereocenters. The Balaban J connectivity index is 1.77. The fourth-order valence-corrected chi connectivity index (χ4v) is 2.79. The Morgan fingerprint density at radius 3 is 2.82 bits per heavy atom. The molecule has 0 saturated heterocycles. The number of hydrogen-bond acceptors (Lipinski definition) is 5. The summed E-state index contributed by atoms with van der Waals surface area (Å²) in [5.41, 5.74) is 3.28. The molecule has 0 aliphatic heterocycles. The molecule has 1 aliphatic rings. The van der Waals surface area contributed by atoms with Crippen LogP contribution >= 0.6 is 0 Å². The van der Waals surface area contributed by atoms with Crippen molar-refractivity contribution >= 4 is 23.3 Å². The summed E-state index contributed by atoms with van der Waals surface area (Å²) >= 11 is 0. The van der Waals surface area contributed by atoms with E-state index in [1.54, 1.807) is 28.8 Å². The highest BCUT2D eigenvalue weighted by Gasteiger charge is 2.21. The summed E-state index contributed by atoms with van der Waals surface area (Å²) in [6.07, 6.45) is 4.46. The number of carbonyl (C=O) groups is 1. The molecular formula is C15H13N5O2. The van der Waals surface area contributed by atoms with Crippen molar-refractivity contribution in [3.63, 3.8) is 0 Å². The summed E-state index contributed by atoms with van der Waals surface area (Å²) in [5, 5.41) is 16.5. The zero-order valence-corrected chi connectivity index (χ0v) is 11.7. The maximum absolute atomic E-state index is 10.9. The Morgan fingerprint density at radius 1 is 1.23 bits per heavy atom. The van der Waals surface area contributed by atoms with E-state index in [9.17, 15) is 4.79 Å². The molecule has 2 heterocycles. The minimum atomic E-state index is -0.935. The summed E-state index contributed by atoms with van der Waals surface area (Å²) in [6, 6.07) is 6.64. The van der Waals surface area contributed by atoms with Crippen molar-refractivity contribution in [2.45, 2.75) is 19.3 Å². The third-order valence-electron chi connectivity index (χ3n) is 3.85. The van der Waals surface area contributed by atoms with Crippen LogP contribution in [0.1, 0.15) is 28.0 Å². The third kappa shape index (κ3) is 1.98. The van der Waals surface area contributed by atoms with E-state index in [0.717, 1.165) is 42.0 Å². The van der Waals surface area contributed by atoms with E-state index >= 15 is 0 Å². The van der Waals surface area contributed by atoms with E-state index in [1.165, 1.54) is 6.33 Å². The highest BCUT2D eigenvalue weighted by atomic mass is 16.4. The average molecular weight is 295 g/mol. The van der Waals surface area contributed by atoms with E-state index in [4.69, 9.17) is 5.11 Å². The lowest BCUT2D eigenvalue weighted by Gasteiger charge is -2.12. The van der Waals surface area contributed by atoms with Crippen LogP contribution in [-0.2, 0) is 12.8 Å². The highest BCUT2D eigenvalue weighted by molar-refractivity contribution is 5.88. The molecule has 1 aromatic carbocycles. The molecule has 0 fully saturated rings. The standard InChI is InChI=1S/C15H13N5O2/c21-14(22)9-4-6-10(7-5-9)18-13-11-2-1-3-12(11)19-15-16-8-17-20(13)15/h4-8,18H,1-3H2,(H,21,22). The summed E-state index contributed by atoms with van der Waals surface area (Å²) in [4.78, 5) is 19.6. The molecule has 0 spiro atoms. The molecule has 0 saturated carbocycles. The van der Waals surface area contributed by atoms with Crippen LogP contribution < -0.4 is 5.32 Å². The lowest BCUT2D eigenvalue weighted by Crippen LogP contribution is -2.07. The van der Waals surface area contributed by atoms with Gasteiger partial charge in [0.05, 0.1) is 11.3 Å². The van der Waals surface area contributed by atoms with Gasteiger partial charge in [-0.2, -0.15) is 14.6 Å². The minimum absolute atomic E-state index is 0.261. The van der Waals surface area contributed by atoms with Gasteiger partial charge in [0, 0.05) is 11.3 Å². The molecule has 22 heavy (non-hydrogen) atoms. The summed E-state index contributed by atoms with van der Waals surface area (Å²) in [6.45, 7) is 0. The predicted molar refractivity (Wildman–Crippen MR) is 79.5 cm³/mol. The molecule has 0 amide bonds. The number of hydrogen-bond donors (Lipinski definition) is 2. The van der Waals surface area contributed by atoms with E-state index in [-0.39, 0.29) is 5.56 Å². The molecule has 2 aromatic heterocycles. The molecule has 2 N–H and O–H groups in total. The summed E-state index contributed by atoms with van der Waals surface area (Å²) in [7, 11) is 0. The SMILES string of the molecule is O=C(O)c1ccc(Nc2c3c(nc4ncnn24)CCC3)cc1. The van der Waals surface area contributed by atoms with Crippen LogP contribution in [0.2, 0.25) is 0 Å². The Morgan fingerprint density at radius 2 is 2.05 bits per heavy atom. The zero-order valence-electron chi connectivity index (χ0n) is 11.7. The smallest absolute Gasteiger partial charge is 0.335 e. The number of aromatic nitrogens is 4. The third-order valence-corrected chi connectivity index (χ3v) is 3.85. The zero-order chi connectivity index (χ0) is 15.1. The summed E-state index contributed by atoms with van der Waals surface area (Å²) < 4.78 is 1.69. The normalized spacial score (nSPS) is 13.3. The Hall–Kier alpha value is -2.96. The van der Waals surface area contributed by atoms with Gasteiger partial charge in [0.25, 0.3) is 5.78 Å². The van der Waals surface area contributed by atoms with Crippen molar-refractivity contribution < 1.29 is 9.90 Å². The molecule has 0 radical (unpaired) electrons. The van der Waals surface area contributed by atoms with Crippen molar-refractivity contribution in [1.82, 2.24) is 19.6 Å². The van der Waals surface area contributed by atoms with Crippen LogP contribution in [0.4, 0.5) is 11.5 Å². The van der Waals surface area contributed by atoms with Gasteiger partial charge in [-0.05, 0) is 43.5 Å². The molecular weight excluding hydrogens is 282 g/mol. The first-order valence-corrected chi connectivity index (χ1v) is 7.04.